The van der Waals surface area contributed by atoms with Crippen molar-refractivity contribution in [3.63, 3.8) is 0 Å². The lowest BCUT2D eigenvalue weighted by Gasteiger charge is -2.26. The van der Waals surface area contributed by atoms with E-state index in [4.69, 9.17) is 4.74 Å². The molecular weight excluding hydrogens is 398 g/mol. The van der Waals surface area contributed by atoms with Gasteiger partial charge in [-0.15, -0.1) is 11.3 Å². The summed E-state index contributed by atoms with van der Waals surface area (Å²) < 4.78 is 5.74. The maximum atomic E-state index is 13.1. The molecule has 2 N–H and O–H groups in total. The van der Waals surface area contributed by atoms with Gasteiger partial charge in [-0.2, -0.15) is 0 Å². The van der Waals surface area contributed by atoms with Crippen LogP contribution in [0.4, 0.5) is 10.5 Å². The maximum absolute atomic E-state index is 13.1. The van der Waals surface area contributed by atoms with Crippen LogP contribution in [0.1, 0.15) is 23.4 Å². The Kier molecular flexibility index (Phi) is 6.30. The SMILES string of the molecule is Cc1nc(-c2cccc(NC(=O)N(Cc3ccccc3O)C[C@H]3CCCO3)c2)cs1. The van der Waals surface area contributed by atoms with Gasteiger partial charge >= 0.3 is 6.03 Å². The zero-order valence-corrected chi connectivity index (χ0v) is 17.7. The summed E-state index contributed by atoms with van der Waals surface area (Å²) in [7, 11) is 0. The van der Waals surface area contributed by atoms with Gasteiger partial charge in [0.25, 0.3) is 0 Å². The van der Waals surface area contributed by atoms with E-state index in [-0.39, 0.29) is 17.9 Å². The second-order valence-corrected chi connectivity index (χ2v) is 8.47. The van der Waals surface area contributed by atoms with E-state index in [1.807, 2.05) is 48.7 Å². The number of thiazole rings is 1. The number of benzene rings is 2. The predicted octanol–water partition coefficient (Wildman–Crippen LogP) is 5.04. The van der Waals surface area contributed by atoms with Crippen LogP contribution in [0, 0.1) is 6.92 Å². The number of aromatic hydroxyl groups is 1. The Labute approximate surface area is 180 Å². The van der Waals surface area contributed by atoms with E-state index in [9.17, 15) is 9.90 Å². The van der Waals surface area contributed by atoms with Crippen molar-refractivity contribution in [3.05, 3.63) is 64.5 Å². The predicted molar refractivity (Wildman–Crippen MR) is 119 cm³/mol. The molecule has 0 radical (unpaired) electrons. The molecule has 1 aliphatic heterocycles. The Hall–Kier alpha value is -2.90. The summed E-state index contributed by atoms with van der Waals surface area (Å²) in [6.45, 7) is 3.49. The normalized spacial score (nSPS) is 15.8. The lowest BCUT2D eigenvalue weighted by atomic mass is 10.1. The van der Waals surface area contributed by atoms with Gasteiger partial charge in [-0.3, -0.25) is 0 Å². The van der Waals surface area contributed by atoms with E-state index in [0.717, 1.165) is 35.7 Å². The topological polar surface area (TPSA) is 74.7 Å². The average Bonchev–Trinajstić information content (AvgIpc) is 3.41. The molecule has 0 unspecified atom stereocenters. The molecule has 1 aromatic heterocycles. The van der Waals surface area contributed by atoms with E-state index in [1.165, 1.54) is 0 Å². The number of carbonyl (C=O) groups is 1. The van der Waals surface area contributed by atoms with Gasteiger partial charge in [-0.25, -0.2) is 9.78 Å². The molecule has 2 heterocycles. The third kappa shape index (κ3) is 4.98. The number of ether oxygens (including phenoxy) is 1. The summed E-state index contributed by atoms with van der Waals surface area (Å²) in [4.78, 5) is 19.4. The fourth-order valence-corrected chi connectivity index (χ4v) is 4.18. The molecule has 156 valence electrons. The van der Waals surface area contributed by atoms with Gasteiger partial charge < -0.3 is 20.1 Å². The minimum atomic E-state index is -0.222. The van der Waals surface area contributed by atoms with Crippen LogP contribution in [0.5, 0.6) is 5.75 Å². The highest BCUT2D eigenvalue weighted by molar-refractivity contribution is 7.09. The van der Waals surface area contributed by atoms with Crippen molar-refractivity contribution >= 4 is 23.1 Å². The van der Waals surface area contributed by atoms with Gasteiger partial charge in [0.1, 0.15) is 5.75 Å². The second kappa shape index (κ2) is 9.28. The molecule has 2 amide bonds. The van der Waals surface area contributed by atoms with Gasteiger partial charge in [0, 0.05) is 35.3 Å². The molecular formula is C23H25N3O3S. The van der Waals surface area contributed by atoms with Crippen LogP contribution in [0.25, 0.3) is 11.3 Å². The molecule has 1 fully saturated rings. The number of urea groups is 1. The quantitative estimate of drug-likeness (QED) is 0.583. The standard InChI is InChI=1S/C23H25N3O3S/c1-16-24-21(15-30-16)17-7-4-8-19(12-17)25-23(28)26(14-20-9-5-11-29-20)13-18-6-2-3-10-22(18)27/h2-4,6-8,10,12,15,20,27H,5,9,11,13-14H2,1H3,(H,25,28)/t20-/m1/s1. The van der Waals surface area contributed by atoms with Crippen LogP contribution in [-0.4, -0.2) is 40.3 Å². The number of phenols is 1. The number of nitrogens with one attached hydrogen (secondary N) is 1. The number of amides is 2. The maximum Gasteiger partial charge on any atom is 0.322 e. The number of hydrogen-bond acceptors (Lipinski definition) is 5. The van der Waals surface area contributed by atoms with Gasteiger partial charge in [0.15, 0.2) is 0 Å². The van der Waals surface area contributed by atoms with Crippen molar-refractivity contribution in [2.75, 3.05) is 18.5 Å². The summed E-state index contributed by atoms with van der Waals surface area (Å²) in [6, 6.07) is 14.6. The molecule has 1 aliphatic rings. The molecule has 1 atom stereocenters. The first-order valence-electron chi connectivity index (χ1n) is 10.1. The minimum Gasteiger partial charge on any atom is -0.508 e. The lowest BCUT2D eigenvalue weighted by molar-refractivity contribution is 0.0817. The van der Waals surface area contributed by atoms with Crippen molar-refractivity contribution in [2.24, 2.45) is 0 Å². The fraction of sp³-hybridized carbons (Fsp3) is 0.304. The molecule has 4 rings (SSSR count). The number of hydrogen-bond donors (Lipinski definition) is 2. The van der Waals surface area contributed by atoms with Crippen molar-refractivity contribution in [1.82, 2.24) is 9.88 Å². The van der Waals surface area contributed by atoms with E-state index in [0.29, 0.717) is 24.3 Å². The summed E-state index contributed by atoms with van der Waals surface area (Å²) >= 11 is 1.60. The molecule has 0 bridgehead atoms. The summed E-state index contributed by atoms with van der Waals surface area (Å²) in [5.41, 5.74) is 3.28. The Morgan fingerprint density at radius 2 is 2.17 bits per heavy atom. The van der Waals surface area contributed by atoms with Gasteiger partial charge in [0.2, 0.25) is 0 Å². The largest absolute Gasteiger partial charge is 0.508 e. The van der Waals surface area contributed by atoms with Crippen molar-refractivity contribution in [3.8, 4) is 17.0 Å². The van der Waals surface area contributed by atoms with Crippen LogP contribution < -0.4 is 5.32 Å². The smallest absolute Gasteiger partial charge is 0.322 e. The molecule has 6 nitrogen and oxygen atoms in total. The number of para-hydroxylation sites is 1. The molecule has 0 saturated carbocycles. The molecule has 0 aliphatic carbocycles. The first kappa shape index (κ1) is 20.4. The summed E-state index contributed by atoms with van der Waals surface area (Å²) in [5.74, 6) is 0.184. The number of rotatable bonds is 6. The third-order valence-corrected chi connectivity index (χ3v) is 5.89. The zero-order chi connectivity index (χ0) is 20.9. The van der Waals surface area contributed by atoms with E-state index in [1.54, 1.807) is 28.4 Å². The lowest BCUT2D eigenvalue weighted by Crippen LogP contribution is -2.39. The zero-order valence-electron chi connectivity index (χ0n) is 16.9. The van der Waals surface area contributed by atoms with Crippen molar-refractivity contribution in [2.45, 2.75) is 32.4 Å². The highest BCUT2D eigenvalue weighted by Crippen LogP contribution is 2.25. The summed E-state index contributed by atoms with van der Waals surface area (Å²) in [5, 5.41) is 16.2. The van der Waals surface area contributed by atoms with Crippen LogP contribution >= 0.6 is 11.3 Å². The molecule has 3 aromatic rings. The summed E-state index contributed by atoms with van der Waals surface area (Å²) in [6.07, 6.45) is 1.96. The number of anilines is 1. The molecule has 1 saturated heterocycles. The Balaban J connectivity index is 1.51. The number of nitrogens with zero attached hydrogens (tertiary/aromatic N) is 2. The van der Waals surface area contributed by atoms with Crippen LogP contribution in [0.15, 0.2) is 53.9 Å². The number of carbonyl (C=O) groups excluding carboxylic acids is 1. The third-order valence-electron chi connectivity index (χ3n) is 5.12. The number of phenolic OH excluding ortho intramolecular Hbond substituents is 1. The van der Waals surface area contributed by atoms with E-state index < -0.39 is 0 Å². The van der Waals surface area contributed by atoms with Crippen molar-refractivity contribution < 1.29 is 14.6 Å². The molecule has 30 heavy (non-hydrogen) atoms. The first-order chi connectivity index (χ1) is 14.6. The number of aryl methyl sites for hydroxylation is 1. The van der Waals surface area contributed by atoms with E-state index in [2.05, 4.69) is 10.3 Å². The van der Waals surface area contributed by atoms with Gasteiger partial charge in [0.05, 0.1) is 23.4 Å². The van der Waals surface area contributed by atoms with Crippen LogP contribution in [0.2, 0.25) is 0 Å². The highest BCUT2D eigenvalue weighted by Gasteiger charge is 2.23. The Morgan fingerprint density at radius 3 is 2.90 bits per heavy atom. The second-order valence-electron chi connectivity index (χ2n) is 7.41. The minimum absolute atomic E-state index is 0.0194. The van der Waals surface area contributed by atoms with Gasteiger partial charge in [-0.1, -0.05) is 30.3 Å². The van der Waals surface area contributed by atoms with Gasteiger partial charge in [-0.05, 0) is 38.0 Å². The van der Waals surface area contributed by atoms with Crippen LogP contribution in [0.3, 0.4) is 0 Å². The van der Waals surface area contributed by atoms with Crippen LogP contribution in [-0.2, 0) is 11.3 Å². The Morgan fingerprint density at radius 1 is 1.30 bits per heavy atom. The monoisotopic (exact) mass is 423 g/mol. The molecule has 2 aromatic carbocycles. The Bertz CT molecular complexity index is 1010. The van der Waals surface area contributed by atoms with E-state index >= 15 is 0 Å². The van der Waals surface area contributed by atoms with Crippen molar-refractivity contribution in [1.29, 1.82) is 0 Å². The molecule has 7 heteroatoms. The fourth-order valence-electron chi connectivity index (χ4n) is 3.56. The average molecular weight is 424 g/mol. The molecule has 0 spiro atoms. The highest BCUT2D eigenvalue weighted by atomic mass is 32.1. The number of aromatic nitrogens is 1. The first-order valence-corrected chi connectivity index (χ1v) is 10.9.